The first-order valence-corrected chi connectivity index (χ1v) is 12.2. The summed E-state index contributed by atoms with van der Waals surface area (Å²) in [5, 5.41) is 8.42. The molecule has 2 heterocycles. The number of rotatable bonds is 9. The van der Waals surface area contributed by atoms with Gasteiger partial charge in [-0.2, -0.15) is 5.10 Å². The van der Waals surface area contributed by atoms with Gasteiger partial charge in [0.2, 0.25) is 5.91 Å². The minimum Gasteiger partial charge on any atom is -0.494 e. The fourth-order valence-electron chi connectivity index (χ4n) is 4.62. The van der Waals surface area contributed by atoms with Crippen LogP contribution in [0.15, 0.2) is 53.3 Å². The number of fused-ring (bicyclic) bond motifs is 1. The SMILES string of the molecule is CCOc1ccccc1CNC(=O)CCc1c(C)c2c(C)nn(-c3cccc(F)c3)c2n(CC)c1=O. The summed E-state index contributed by atoms with van der Waals surface area (Å²) in [6, 6.07) is 13.7. The highest BCUT2D eigenvalue weighted by Gasteiger charge is 2.21. The lowest BCUT2D eigenvalue weighted by Gasteiger charge is -2.15. The third-order valence-corrected chi connectivity index (χ3v) is 6.34. The minimum absolute atomic E-state index is 0.143. The third-order valence-electron chi connectivity index (χ3n) is 6.34. The van der Waals surface area contributed by atoms with Gasteiger partial charge >= 0.3 is 0 Å². The zero-order chi connectivity index (χ0) is 25.8. The molecule has 7 nitrogen and oxygen atoms in total. The summed E-state index contributed by atoms with van der Waals surface area (Å²) >= 11 is 0. The van der Waals surface area contributed by atoms with E-state index in [1.807, 2.05) is 52.0 Å². The van der Waals surface area contributed by atoms with Crippen molar-refractivity contribution in [3.8, 4) is 11.4 Å². The molecule has 8 heteroatoms. The summed E-state index contributed by atoms with van der Waals surface area (Å²) in [4.78, 5) is 26.2. The maximum Gasteiger partial charge on any atom is 0.255 e. The Kier molecular flexibility index (Phi) is 7.52. The van der Waals surface area contributed by atoms with Crippen LogP contribution in [0.2, 0.25) is 0 Å². The molecule has 2 aromatic heterocycles. The van der Waals surface area contributed by atoms with E-state index >= 15 is 0 Å². The summed E-state index contributed by atoms with van der Waals surface area (Å²) in [5.41, 5.74) is 4.06. The maximum atomic E-state index is 13.9. The molecule has 36 heavy (non-hydrogen) atoms. The number of para-hydroxylation sites is 1. The van der Waals surface area contributed by atoms with E-state index in [1.165, 1.54) is 12.1 Å². The Morgan fingerprint density at radius 3 is 2.61 bits per heavy atom. The Morgan fingerprint density at radius 1 is 1.11 bits per heavy atom. The second kappa shape index (κ2) is 10.8. The second-order valence-electron chi connectivity index (χ2n) is 8.65. The molecular weight excluding hydrogens is 459 g/mol. The van der Waals surface area contributed by atoms with Crippen LogP contribution < -0.4 is 15.6 Å². The molecule has 0 radical (unpaired) electrons. The summed E-state index contributed by atoms with van der Waals surface area (Å²) < 4.78 is 22.8. The lowest BCUT2D eigenvalue weighted by molar-refractivity contribution is -0.121. The molecule has 4 rings (SSSR count). The van der Waals surface area contributed by atoms with Crippen LogP contribution in [0, 0.1) is 19.7 Å². The topological polar surface area (TPSA) is 78.2 Å². The number of pyridine rings is 1. The molecule has 2 aromatic carbocycles. The highest BCUT2D eigenvalue weighted by atomic mass is 19.1. The van der Waals surface area contributed by atoms with Crippen LogP contribution >= 0.6 is 0 Å². The van der Waals surface area contributed by atoms with Crippen LogP contribution in [0.3, 0.4) is 0 Å². The molecule has 4 aromatic rings. The van der Waals surface area contributed by atoms with Gasteiger partial charge in [-0.25, -0.2) is 9.07 Å². The average Bonchev–Trinajstić information content (AvgIpc) is 3.21. The molecule has 0 bridgehead atoms. The van der Waals surface area contributed by atoms with E-state index in [2.05, 4.69) is 10.4 Å². The van der Waals surface area contributed by atoms with Crippen LogP contribution in [0.4, 0.5) is 4.39 Å². The standard InChI is InChI=1S/C28H31FN4O3/c1-5-32-27-26(19(4)31-33(27)22-12-9-11-21(29)16-22)18(3)23(28(32)35)14-15-25(34)30-17-20-10-7-8-13-24(20)36-6-2/h7-13,16H,5-6,14-15,17H2,1-4H3,(H,30,34). The Morgan fingerprint density at radius 2 is 1.89 bits per heavy atom. The Balaban J connectivity index is 1.61. The van der Waals surface area contributed by atoms with Crippen molar-refractivity contribution in [2.24, 2.45) is 0 Å². The lowest BCUT2D eigenvalue weighted by Crippen LogP contribution is -2.28. The molecule has 0 saturated heterocycles. The van der Waals surface area contributed by atoms with Gasteiger partial charge in [-0.15, -0.1) is 0 Å². The van der Waals surface area contributed by atoms with E-state index in [1.54, 1.807) is 21.4 Å². The lowest BCUT2D eigenvalue weighted by atomic mass is 10.0. The van der Waals surface area contributed by atoms with Crippen molar-refractivity contribution in [2.45, 2.75) is 53.6 Å². The molecule has 0 fully saturated rings. The molecule has 0 aliphatic rings. The molecule has 0 saturated carbocycles. The molecular formula is C28H31FN4O3. The number of aryl methyl sites for hydroxylation is 3. The number of benzene rings is 2. The minimum atomic E-state index is -0.373. The third kappa shape index (κ3) is 4.89. The van der Waals surface area contributed by atoms with E-state index in [-0.39, 0.29) is 23.7 Å². The Bertz CT molecular complexity index is 1470. The average molecular weight is 491 g/mol. The monoisotopic (exact) mass is 490 g/mol. The van der Waals surface area contributed by atoms with Crippen molar-refractivity contribution in [1.29, 1.82) is 0 Å². The van der Waals surface area contributed by atoms with Crippen LogP contribution in [0.1, 0.15) is 42.7 Å². The van der Waals surface area contributed by atoms with Crippen molar-refractivity contribution >= 4 is 16.9 Å². The number of ether oxygens (including phenoxy) is 1. The molecule has 0 spiro atoms. The van der Waals surface area contributed by atoms with Crippen LogP contribution in [-0.4, -0.2) is 26.9 Å². The number of hydrogen-bond donors (Lipinski definition) is 1. The number of nitrogens with one attached hydrogen (secondary N) is 1. The first-order chi connectivity index (χ1) is 17.3. The van der Waals surface area contributed by atoms with Crippen molar-refractivity contribution in [3.05, 3.63) is 87.1 Å². The summed E-state index contributed by atoms with van der Waals surface area (Å²) in [6.45, 7) is 8.89. The van der Waals surface area contributed by atoms with Gasteiger partial charge in [-0.1, -0.05) is 24.3 Å². The fraction of sp³-hybridized carbons (Fsp3) is 0.321. The van der Waals surface area contributed by atoms with E-state index < -0.39 is 0 Å². The van der Waals surface area contributed by atoms with Crippen LogP contribution in [-0.2, 0) is 24.3 Å². The van der Waals surface area contributed by atoms with Gasteiger partial charge in [0.05, 0.1) is 18.0 Å². The smallest absolute Gasteiger partial charge is 0.255 e. The van der Waals surface area contributed by atoms with Gasteiger partial charge in [0.1, 0.15) is 17.2 Å². The number of halogens is 1. The van der Waals surface area contributed by atoms with E-state index in [0.29, 0.717) is 43.0 Å². The molecule has 1 amide bonds. The zero-order valence-electron chi connectivity index (χ0n) is 21.1. The maximum absolute atomic E-state index is 13.9. The number of aromatic nitrogens is 3. The number of amides is 1. The van der Waals surface area contributed by atoms with E-state index in [0.717, 1.165) is 28.0 Å². The molecule has 0 atom stereocenters. The molecule has 0 aliphatic carbocycles. The van der Waals surface area contributed by atoms with E-state index in [9.17, 15) is 14.0 Å². The summed E-state index contributed by atoms with van der Waals surface area (Å²) in [5.74, 6) is 0.232. The first kappa shape index (κ1) is 25.2. The zero-order valence-corrected chi connectivity index (χ0v) is 21.1. The Labute approximate surface area is 209 Å². The predicted molar refractivity (Wildman–Crippen MR) is 138 cm³/mol. The molecule has 0 unspecified atom stereocenters. The largest absolute Gasteiger partial charge is 0.494 e. The van der Waals surface area contributed by atoms with Crippen molar-refractivity contribution in [3.63, 3.8) is 0 Å². The van der Waals surface area contributed by atoms with Crippen molar-refractivity contribution < 1.29 is 13.9 Å². The van der Waals surface area contributed by atoms with Gasteiger partial charge in [-0.3, -0.25) is 14.2 Å². The van der Waals surface area contributed by atoms with Crippen molar-refractivity contribution in [2.75, 3.05) is 6.61 Å². The highest BCUT2D eigenvalue weighted by molar-refractivity contribution is 5.85. The summed E-state index contributed by atoms with van der Waals surface area (Å²) in [6.07, 6.45) is 0.489. The highest BCUT2D eigenvalue weighted by Crippen LogP contribution is 2.26. The number of hydrogen-bond acceptors (Lipinski definition) is 4. The normalized spacial score (nSPS) is 11.1. The second-order valence-corrected chi connectivity index (χ2v) is 8.65. The van der Waals surface area contributed by atoms with Gasteiger partial charge < -0.3 is 10.1 Å². The van der Waals surface area contributed by atoms with E-state index in [4.69, 9.17) is 4.74 Å². The van der Waals surface area contributed by atoms with Crippen LogP contribution in [0.25, 0.3) is 16.7 Å². The quantitative estimate of drug-likeness (QED) is 0.372. The van der Waals surface area contributed by atoms with Gasteiger partial charge in [0.25, 0.3) is 5.56 Å². The van der Waals surface area contributed by atoms with Gasteiger partial charge in [0, 0.05) is 36.0 Å². The number of carbonyl (C=O) groups excluding carboxylic acids is 1. The molecule has 0 aliphatic heterocycles. The van der Waals surface area contributed by atoms with Crippen molar-refractivity contribution in [1.82, 2.24) is 19.7 Å². The van der Waals surface area contributed by atoms with Gasteiger partial charge in [0.15, 0.2) is 0 Å². The van der Waals surface area contributed by atoms with Crippen LogP contribution in [0.5, 0.6) is 5.75 Å². The fourth-order valence-corrected chi connectivity index (χ4v) is 4.62. The predicted octanol–water partition coefficient (Wildman–Crippen LogP) is 4.61. The van der Waals surface area contributed by atoms with Gasteiger partial charge in [-0.05, 0) is 63.9 Å². The number of carbonyl (C=O) groups is 1. The first-order valence-electron chi connectivity index (χ1n) is 12.2. The molecule has 188 valence electrons. The molecule has 1 N–H and O–H groups in total. The number of nitrogens with zero attached hydrogens (tertiary/aromatic N) is 3. The summed E-state index contributed by atoms with van der Waals surface area (Å²) in [7, 11) is 0. The Hall–Kier alpha value is -3.94.